The predicted molar refractivity (Wildman–Crippen MR) is 78.4 cm³/mol. The first-order chi connectivity index (χ1) is 10.3. The number of pyridine rings is 1. The standard InChI is InChI=1S/C15H16FNO4S/c1-22(20,21)14-6-10(16)8-17-12-4-2-3-9(5-15(18)19)11(12)7-13(14)17/h6-9H,2-5H2,1H3,(H,18,19). The second kappa shape index (κ2) is 5.08. The Morgan fingerprint density at radius 1 is 1.45 bits per heavy atom. The topological polar surface area (TPSA) is 75.8 Å². The molecule has 1 aliphatic carbocycles. The fourth-order valence-electron chi connectivity index (χ4n) is 3.29. The average Bonchev–Trinajstić information content (AvgIpc) is 2.76. The molecule has 5 nitrogen and oxygen atoms in total. The van der Waals surface area contributed by atoms with Gasteiger partial charge in [-0.05, 0) is 42.9 Å². The smallest absolute Gasteiger partial charge is 0.303 e. The number of carbonyl (C=O) groups is 1. The van der Waals surface area contributed by atoms with Crippen LogP contribution in [-0.2, 0) is 21.1 Å². The lowest BCUT2D eigenvalue weighted by molar-refractivity contribution is -0.137. The Morgan fingerprint density at radius 2 is 2.18 bits per heavy atom. The van der Waals surface area contributed by atoms with E-state index in [1.807, 2.05) is 0 Å². The number of carboxylic acids is 1. The molecule has 22 heavy (non-hydrogen) atoms. The molecule has 0 saturated heterocycles. The molecule has 1 aliphatic rings. The Labute approximate surface area is 127 Å². The number of hydrogen-bond acceptors (Lipinski definition) is 3. The SMILES string of the molecule is CS(=O)(=O)c1cc(F)cn2c3c(cc12)C(CC(=O)O)CCC3. The van der Waals surface area contributed by atoms with Crippen LogP contribution in [0.3, 0.4) is 0 Å². The second-order valence-corrected chi connectivity index (χ2v) is 7.77. The van der Waals surface area contributed by atoms with Crippen LogP contribution < -0.4 is 0 Å². The van der Waals surface area contributed by atoms with Gasteiger partial charge in [-0.3, -0.25) is 4.79 Å². The number of fused-ring (bicyclic) bond motifs is 3. The van der Waals surface area contributed by atoms with Gasteiger partial charge >= 0.3 is 5.97 Å². The normalized spacial score (nSPS) is 18.4. The minimum Gasteiger partial charge on any atom is -0.481 e. The molecule has 7 heteroatoms. The number of aromatic nitrogens is 1. The Hall–Kier alpha value is -1.89. The zero-order chi connectivity index (χ0) is 16.1. The number of nitrogens with zero attached hydrogens (tertiary/aromatic N) is 1. The van der Waals surface area contributed by atoms with E-state index >= 15 is 0 Å². The molecule has 0 bridgehead atoms. The van der Waals surface area contributed by atoms with E-state index in [-0.39, 0.29) is 17.2 Å². The van der Waals surface area contributed by atoms with E-state index in [0.717, 1.165) is 36.4 Å². The van der Waals surface area contributed by atoms with Gasteiger partial charge in [0.15, 0.2) is 9.84 Å². The molecular formula is C15H16FNO4S. The van der Waals surface area contributed by atoms with Crippen LogP contribution >= 0.6 is 0 Å². The number of sulfone groups is 1. The van der Waals surface area contributed by atoms with E-state index < -0.39 is 21.6 Å². The number of rotatable bonds is 3. The first-order valence-electron chi connectivity index (χ1n) is 7.02. The van der Waals surface area contributed by atoms with Crippen molar-refractivity contribution < 1.29 is 22.7 Å². The fraction of sp³-hybridized carbons (Fsp3) is 0.400. The molecular weight excluding hydrogens is 309 g/mol. The third-order valence-electron chi connectivity index (χ3n) is 4.18. The highest BCUT2D eigenvalue weighted by Gasteiger charge is 2.27. The summed E-state index contributed by atoms with van der Waals surface area (Å²) in [6, 6.07) is 2.72. The molecule has 0 amide bonds. The summed E-state index contributed by atoms with van der Waals surface area (Å²) in [5.74, 6) is -1.66. The van der Waals surface area contributed by atoms with Gasteiger partial charge in [-0.15, -0.1) is 0 Å². The molecule has 0 spiro atoms. The van der Waals surface area contributed by atoms with Crippen LogP contribution in [0.25, 0.3) is 5.52 Å². The van der Waals surface area contributed by atoms with E-state index in [2.05, 4.69) is 0 Å². The van der Waals surface area contributed by atoms with E-state index in [1.165, 1.54) is 6.20 Å². The Kier molecular flexibility index (Phi) is 3.47. The van der Waals surface area contributed by atoms with Gasteiger partial charge < -0.3 is 9.51 Å². The van der Waals surface area contributed by atoms with Crippen molar-refractivity contribution >= 4 is 21.3 Å². The highest BCUT2D eigenvalue weighted by molar-refractivity contribution is 7.91. The zero-order valence-electron chi connectivity index (χ0n) is 12.0. The summed E-state index contributed by atoms with van der Waals surface area (Å²) >= 11 is 0. The van der Waals surface area contributed by atoms with Crippen molar-refractivity contribution in [1.29, 1.82) is 0 Å². The summed E-state index contributed by atoms with van der Waals surface area (Å²) < 4.78 is 39.2. The van der Waals surface area contributed by atoms with Crippen LogP contribution in [-0.4, -0.2) is 30.2 Å². The van der Waals surface area contributed by atoms with E-state index in [9.17, 15) is 17.6 Å². The summed E-state index contributed by atoms with van der Waals surface area (Å²) in [6.45, 7) is 0. The van der Waals surface area contributed by atoms with Crippen molar-refractivity contribution in [2.24, 2.45) is 0 Å². The van der Waals surface area contributed by atoms with Crippen LogP contribution in [0, 0.1) is 5.82 Å². The van der Waals surface area contributed by atoms with Gasteiger partial charge in [-0.2, -0.15) is 0 Å². The van der Waals surface area contributed by atoms with Crippen LogP contribution in [0.5, 0.6) is 0 Å². The van der Waals surface area contributed by atoms with Crippen molar-refractivity contribution in [3.05, 3.63) is 35.4 Å². The van der Waals surface area contributed by atoms with Crippen LogP contribution in [0.2, 0.25) is 0 Å². The van der Waals surface area contributed by atoms with Crippen LogP contribution in [0.15, 0.2) is 23.2 Å². The lowest BCUT2D eigenvalue weighted by atomic mass is 9.85. The van der Waals surface area contributed by atoms with Crippen LogP contribution in [0.4, 0.5) is 4.39 Å². The Morgan fingerprint density at radius 3 is 2.82 bits per heavy atom. The molecule has 0 aliphatic heterocycles. The summed E-state index contributed by atoms with van der Waals surface area (Å²) in [5, 5.41) is 9.03. The summed E-state index contributed by atoms with van der Waals surface area (Å²) in [5.41, 5.74) is 2.06. The fourth-order valence-corrected chi connectivity index (χ4v) is 4.16. The summed E-state index contributed by atoms with van der Waals surface area (Å²) in [7, 11) is -3.57. The predicted octanol–water partition coefficient (Wildman–Crippen LogP) is 2.38. The number of halogens is 1. The maximum atomic E-state index is 13.8. The van der Waals surface area contributed by atoms with Gasteiger partial charge in [0.25, 0.3) is 0 Å². The van der Waals surface area contributed by atoms with Gasteiger partial charge in [0.05, 0.1) is 16.8 Å². The molecule has 1 N–H and O–H groups in total. The largest absolute Gasteiger partial charge is 0.481 e. The van der Waals surface area contributed by atoms with Crippen molar-refractivity contribution in [2.45, 2.75) is 36.5 Å². The van der Waals surface area contributed by atoms with Crippen molar-refractivity contribution in [3.8, 4) is 0 Å². The van der Waals surface area contributed by atoms with Gasteiger partial charge in [0.2, 0.25) is 0 Å². The number of aliphatic carboxylic acids is 1. The van der Waals surface area contributed by atoms with Crippen molar-refractivity contribution in [1.82, 2.24) is 4.40 Å². The first-order valence-corrected chi connectivity index (χ1v) is 8.91. The average molecular weight is 325 g/mol. The van der Waals surface area contributed by atoms with E-state index in [4.69, 9.17) is 5.11 Å². The Balaban J connectivity index is 2.28. The van der Waals surface area contributed by atoms with Crippen molar-refractivity contribution in [3.63, 3.8) is 0 Å². The van der Waals surface area contributed by atoms with Gasteiger partial charge in [0, 0.05) is 18.1 Å². The minimum atomic E-state index is -3.57. The van der Waals surface area contributed by atoms with Crippen LogP contribution in [0.1, 0.15) is 36.4 Å². The first kappa shape index (κ1) is 15.0. The molecule has 0 aromatic carbocycles. The monoisotopic (exact) mass is 325 g/mol. The molecule has 0 fully saturated rings. The maximum absolute atomic E-state index is 13.8. The molecule has 0 saturated carbocycles. The highest BCUT2D eigenvalue weighted by Crippen LogP contribution is 2.37. The zero-order valence-corrected chi connectivity index (χ0v) is 12.9. The third-order valence-corrected chi connectivity index (χ3v) is 5.30. The second-order valence-electron chi connectivity index (χ2n) is 5.78. The number of carboxylic acid groups (broad SMARTS) is 1. The number of aryl methyl sites for hydroxylation is 1. The molecule has 2 aromatic rings. The molecule has 1 unspecified atom stereocenters. The highest BCUT2D eigenvalue weighted by atomic mass is 32.2. The summed E-state index contributed by atoms with van der Waals surface area (Å²) in [4.78, 5) is 11.0. The lowest BCUT2D eigenvalue weighted by Crippen LogP contribution is -2.13. The molecule has 2 aromatic heterocycles. The minimum absolute atomic E-state index is 0.000568. The molecule has 2 heterocycles. The molecule has 118 valence electrons. The lowest BCUT2D eigenvalue weighted by Gasteiger charge is -2.21. The van der Waals surface area contributed by atoms with Gasteiger partial charge in [-0.25, -0.2) is 12.8 Å². The molecule has 0 radical (unpaired) electrons. The van der Waals surface area contributed by atoms with Gasteiger partial charge in [0.1, 0.15) is 5.82 Å². The third kappa shape index (κ3) is 2.49. The molecule has 3 rings (SSSR count). The number of hydrogen-bond donors (Lipinski definition) is 1. The Bertz CT molecular complexity index is 869. The van der Waals surface area contributed by atoms with Gasteiger partial charge in [-0.1, -0.05) is 0 Å². The maximum Gasteiger partial charge on any atom is 0.303 e. The quantitative estimate of drug-likeness (QED) is 0.940. The van der Waals surface area contributed by atoms with E-state index in [1.54, 1.807) is 10.5 Å². The van der Waals surface area contributed by atoms with E-state index in [0.29, 0.717) is 11.9 Å². The molecule has 1 atom stereocenters. The van der Waals surface area contributed by atoms with Crippen molar-refractivity contribution in [2.75, 3.05) is 6.26 Å². The summed E-state index contributed by atoms with van der Waals surface area (Å²) in [6.07, 6.45) is 4.55.